The molecular formula is C33H31Cl2F2N3O4. The van der Waals surface area contributed by atoms with Crippen LogP contribution in [0, 0.1) is 28.4 Å². The van der Waals surface area contributed by atoms with Crippen molar-refractivity contribution in [1.29, 1.82) is 5.26 Å². The lowest BCUT2D eigenvalue weighted by molar-refractivity contribution is -0.119. The zero-order chi connectivity index (χ0) is 32.1. The van der Waals surface area contributed by atoms with Crippen LogP contribution in [-0.4, -0.2) is 49.7 Å². The van der Waals surface area contributed by atoms with Crippen LogP contribution in [0.3, 0.4) is 0 Å². The van der Waals surface area contributed by atoms with Crippen LogP contribution in [-0.2, 0) is 14.9 Å². The molecule has 0 spiro atoms. The molecule has 3 aromatic carbocycles. The number of nitriles is 1. The van der Waals surface area contributed by atoms with Gasteiger partial charge in [-0.25, -0.2) is 13.6 Å². The monoisotopic (exact) mass is 641 g/mol. The molecule has 11 heteroatoms. The molecule has 230 valence electrons. The first-order chi connectivity index (χ1) is 20.8. The number of hydrogen-bond donors (Lipinski definition) is 0. The molecule has 2 aliphatic heterocycles. The molecule has 0 aliphatic carbocycles. The lowest BCUT2D eigenvalue weighted by Gasteiger charge is -2.40. The first-order valence-electron chi connectivity index (χ1n) is 13.9. The molecule has 0 bridgehead atoms. The molecule has 7 nitrogen and oxygen atoms in total. The average molecular weight is 643 g/mol. The standard InChI is InChI=1S/C33H31Cl2F2N3O4/c1-32(2,3)15-26-33(16-38,21-11-10-19(34)14-23(21)36)27(20-7-6-8-22(35)28(20)37)29-30(41)39(17-40(26)29)24-12-9-18(31(42)44-5)13-25(24)43-4/h6-14,26-27,29H,15,17H2,1-5H3/t26?,27?,29-,33+/m1/s1. The summed E-state index contributed by atoms with van der Waals surface area (Å²) in [6.07, 6.45) is 0.358. The van der Waals surface area contributed by atoms with E-state index < -0.39 is 52.3 Å². The Morgan fingerprint density at radius 2 is 1.84 bits per heavy atom. The molecule has 2 saturated heterocycles. The summed E-state index contributed by atoms with van der Waals surface area (Å²) in [6, 6.07) is 13.6. The van der Waals surface area contributed by atoms with Crippen LogP contribution >= 0.6 is 23.2 Å². The number of carbonyl (C=O) groups is 2. The number of ether oxygens (including phenoxy) is 2. The Kier molecular flexibility index (Phi) is 8.40. The summed E-state index contributed by atoms with van der Waals surface area (Å²) >= 11 is 12.4. The number of nitrogens with zero attached hydrogens (tertiary/aromatic N) is 3. The van der Waals surface area contributed by atoms with Gasteiger partial charge in [0.15, 0.2) is 0 Å². The van der Waals surface area contributed by atoms with Gasteiger partial charge in [-0.15, -0.1) is 0 Å². The molecule has 0 N–H and O–H groups in total. The van der Waals surface area contributed by atoms with Gasteiger partial charge in [0.1, 0.15) is 28.8 Å². The molecule has 2 heterocycles. The van der Waals surface area contributed by atoms with Crippen LogP contribution in [0.15, 0.2) is 54.6 Å². The van der Waals surface area contributed by atoms with E-state index >= 15 is 8.78 Å². The maximum absolute atomic E-state index is 16.0. The van der Waals surface area contributed by atoms with Crippen molar-refractivity contribution in [3.8, 4) is 11.8 Å². The predicted molar refractivity (Wildman–Crippen MR) is 163 cm³/mol. The third kappa shape index (κ3) is 5.09. The van der Waals surface area contributed by atoms with Gasteiger partial charge >= 0.3 is 5.97 Å². The van der Waals surface area contributed by atoms with Crippen molar-refractivity contribution in [2.45, 2.75) is 50.6 Å². The first kappa shape index (κ1) is 31.7. The SMILES string of the molecule is COC(=O)c1ccc(N2CN3C(CC(C)(C)C)[C@](C#N)(c4ccc(Cl)cc4F)C(c4cccc(Cl)c4F)[C@@H]3C2=O)c(OC)c1. The summed E-state index contributed by atoms with van der Waals surface area (Å²) in [4.78, 5) is 30.1. The number of esters is 1. The van der Waals surface area contributed by atoms with Crippen LogP contribution in [0.2, 0.25) is 10.0 Å². The van der Waals surface area contributed by atoms with Gasteiger partial charge in [-0.3, -0.25) is 14.6 Å². The lowest BCUT2D eigenvalue weighted by atomic mass is 9.62. The predicted octanol–water partition coefficient (Wildman–Crippen LogP) is 7.11. The second kappa shape index (κ2) is 11.7. The summed E-state index contributed by atoms with van der Waals surface area (Å²) in [5.74, 6) is -3.44. The van der Waals surface area contributed by atoms with E-state index in [0.29, 0.717) is 12.1 Å². The summed E-state index contributed by atoms with van der Waals surface area (Å²) < 4.78 is 42.3. The summed E-state index contributed by atoms with van der Waals surface area (Å²) in [5.41, 5.74) is -1.44. The van der Waals surface area contributed by atoms with Crippen molar-refractivity contribution in [1.82, 2.24) is 4.90 Å². The van der Waals surface area contributed by atoms with E-state index in [9.17, 15) is 14.9 Å². The van der Waals surface area contributed by atoms with E-state index in [1.54, 1.807) is 12.1 Å². The topological polar surface area (TPSA) is 82.9 Å². The first-order valence-corrected chi connectivity index (χ1v) is 14.7. The quantitative estimate of drug-likeness (QED) is 0.267. The number of rotatable bonds is 6. The second-order valence-corrected chi connectivity index (χ2v) is 13.1. The van der Waals surface area contributed by atoms with E-state index in [-0.39, 0.29) is 39.2 Å². The number of benzene rings is 3. The lowest BCUT2D eigenvalue weighted by Crippen LogP contribution is -2.48. The Labute approximate surface area is 264 Å². The van der Waals surface area contributed by atoms with Crippen molar-refractivity contribution in [3.05, 3.63) is 93.0 Å². The van der Waals surface area contributed by atoms with Gasteiger partial charge < -0.3 is 9.47 Å². The van der Waals surface area contributed by atoms with E-state index in [4.69, 9.17) is 32.7 Å². The number of amides is 1. The number of hydrogen-bond acceptors (Lipinski definition) is 6. The Morgan fingerprint density at radius 3 is 2.45 bits per heavy atom. The molecule has 0 aromatic heterocycles. The molecule has 0 saturated carbocycles. The Hall–Kier alpha value is -3.71. The number of halogens is 4. The van der Waals surface area contributed by atoms with E-state index in [1.165, 1.54) is 55.5 Å². The highest BCUT2D eigenvalue weighted by molar-refractivity contribution is 6.31. The molecule has 5 rings (SSSR count). The Balaban J connectivity index is 1.77. The molecule has 2 unspecified atom stereocenters. The minimum atomic E-state index is -1.71. The van der Waals surface area contributed by atoms with Crippen LogP contribution in [0.25, 0.3) is 0 Å². The van der Waals surface area contributed by atoms with Crippen molar-refractivity contribution < 1.29 is 27.8 Å². The highest BCUT2D eigenvalue weighted by Crippen LogP contribution is 2.58. The fraction of sp³-hybridized carbons (Fsp3) is 0.364. The van der Waals surface area contributed by atoms with Gasteiger partial charge in [0, 0.05) is 22.5 Å². The second-order valence-electron chi connectivity index (χ2n) is 12.3. The number of carbonyl (C=O) groups excluding carboxylic acids is 2. The van der Waals surface area contributed by atoms with Gasteiger partial charge in [0.2, 0.25) is 5.91 Å². The van der Waals surface area contributed by atoms with Crippen LogP contribution in [0.5, 0.6) is 5.75 Å². The van der Waals surface area contributed by atoms with Gasteiger partial charge in [-0.1, -0.05) is 62.2 Å². The highest BCUT2D eigenvalue weighted by atomic mass is 35.5. The Morgan fingerprint density at radius 1 is 1.11 bits per heavy atom. The van der Waals surface area contributed by atoms with Gasteiger partial charge in [-0.05, 0) is 53.8 Å². The van der Waals surface area contributed by atoms with Crippen molar-refractivity contribution in [2.75, 3.05) is 25.8 Å². The minimum Gasteiger partial charge on any atom is -0.495 e. The third-order valence-corrected chi connectivity index (χ3v) is 9.02. The number of fused-ring (bicyclic) bond motifs is 1. The molecule has 2 aliphatic rings. The van der Waals surface area contributed by atoms with E-state index in [1.807, 2.05) is 25.7 Å². The smallest absolute Gasteiger partial charge is 0.337 e. The number of anilines is 1. The number of methoxy groups -OCH3 is 2. The molecule has 44 heavy (non-hydrogen) atoms. The van der Waals surface area contributed by atoms with Crippen LogP contribution in [0.1, 0.15) is 54.6 Å². The van der Waals surface area contributed by atoms with Gasteiger partial charge in [0.05, 0.1) is 43.2 Å². The van der Waals surface area contributed by atoms with E-state index in [2.05, 4.69) is 6.07 Å². The molecule has 3 aromatic rings. The maximum Gasteiger partial charge on any atom is 0.337 e. The molecular weight excluding hydrogens is 611 g/mol. The zero-order valence-corrected chi connectivity index (χ0v) is 26.3. The summed E-state index contributed by atoms with van der Waals surface area (Å²) in [6.45, 7) is 5.95. The van der Waals surface area contributed by atoms with Crippen molar-refractivity contribution >= 4 is 40.8 Å². The molecule has 1 amide bonds. The maximum atomic E-state index is 16.0. The fourth-order valence-corrected chi connectivity index (χ4v) is 7.06. The molecule has 4 atom stereocenters. The van der Waals surface area contributed by atoms with Crippen LogP contribution < -0.4 is 9.64 Å². The minimum absolute atomic E-state index is 0.00446. The third-order valence-electron chi connectivity index (χ3n) is 8.49. The van der Waals surface area contributed by atoms with Crippen molar-refractivity contribution in [2.24, 2.45) is 5.41 Å². The molecule has 0 radical (unpaired) electrons. The summed E-state index contributed by atoms with van der Waals surface area (Å²) in [5, 5.41) is 11.1. The highest BCUT2D eigenvalue weighted by Gasteiger charge is 2.67. The Bertz CT molecular complexity index is 1690. The fourth-order valence-electron chi connectivity index (χ4n) is 6.72. The zero-order valence-electron chi connectivity index (χ0n) is 24.8. The molecule has 2 fully saturated rings. The largest absolute Gasteiger partial charge is 0.495 e. The average Bonchev–Trinajstić information content (AvgIpc) is 3.44. The van der Waals surface area contributed by atoms with Gasteiger partial charge in [-0.2, -0.15) is 5.26 Å². The van der Waals surface area contributed by atoms with Gasteiger partial charge in [0.25, 0.3) is 0 Å². The normalized spacial score (nSPS) is 23.4. The van der Waals surface area contributed by atoms with Crippen LogP contribution in [0.4, 0.5) is 14.5 Å². The van der Waals surface area contributed by atoms with Crippen molar-refractivity contribution in [3.63, 3.8) is 0 Å². The van der Waals surface area contributed by atoms with E-state index in [0.717, 1.165) is 6.07 Å². The summed E-state index contributed by atoms with van der Waals surface area (Å²) in [7, 11) is 2.68.